The number of benzene rings is 2. The molecule has 2 aromatic rings. The summed E-state index contributed by atoms with van der Waals surface area (Å²) in [6, 6.07) is 12.4. The third kappa shape index (κ3) is 4.59. The van der Waals surface area contributed by atoms with Crippen molar-refractivity contribution in [2.45, 2.75) is 64.2 Å². The van der Waals surface area contributed by atoms with E-state index < -0.39 is 11.6 Å². The van der Waals surface area contributed by atoms with Crippen LogP contribution < -0.4 is 0 Å². The molecule has 0 spiro atoms. The van der Waals surface area contributed by atoms with Crippen molar-refractivity contribution in [3.63, 3.8) is 0 Å². The number of rotatable bonds is 5. The maximum atomic E-state index is 13.4. The fourth-order valence-electron chi connectivity index (χ4n) is 5.29. The SMILES string of the molecule is Fc1ccc(-c2ccc(CCC3CCC(C4CCCC4)CC3)cc2)cc1F. The van der Waals surface area contributed by atoms with Gasteiger partial charge in [0.1, 0.15) is 0 Å². The Kier molecular flexibility index (Phi) is 5.90. The molecule has 0 atom stereocenters. The summed E-state index contributed by atoms with van der Waals surface area (Å²) in [4.78, 5) is 0. The lowest BCUT2D eigenvalue weighted by Gasteiger charge is -2.32. The van der Waals surface area contributed by atoms with Crippen molar-refractivity contribution in [2.75, 3.05) is 0 Å². The monoisotopic (exact) mass is 368 g/mol. The minimum absolute atomic E-state index is 0.727. The summed E-state index contributed by atoms with van der Waals surface area (Å²) in [7, 11) is 0. The van der Waals surface area contributed by atoms with Crippen molar-refractivity contribution in [3.05, 3.63) is 59.7 Å². The highest BCUT2D eigenvalue weighted by atomic mass is 19.2. The van der Waals surface area contributed by atoms with Gasteiger partial charge in [-0.1, -0.05) is 68.9 Å². The fraction of sp³-hybridized carbons (Fsp3) is 0.520. The van der Waals surface area contributed by atoms with Gasteiger partial charge in [0.05, 0.1) is 0 Å². The van der Waals surface area contributed by atoms with Crippen LogP contribution >= 0.6 is 0 Å². The molecule has 0 heterocycles. The van der Waals surface area contributed by atoms with Crippen LogP contribution in [0, 0.1) is 29.4 Å². The van der Waals surface area contributed by atoms with Crippen molar-refractivity contribution in [1.82, 2.24) is 0 Å². The van der Waals surface area contributed by atoms with E-state index in [-0.39, 0.29) is 0 Å². The number of halogens is 2. The third-order valence-corrected chi connectivity index (χ3v) is 7.01. The van der Waals surface area contributed by atoms with Crippen LogP contribution in [0.1, 0.15) is 63.4 Å². The molecule has 0 aromatic heterocycles. The first-order chi connectivity index (χ1) is 13.2. The van der Waals surface area contributed by atoms with Crippen molar-refractivity contribution in [1.29, 1.82) is 0 Å². The number of hydrogen-bond donors (Lipinski definition) is 0. The average Bonchev–Trinajstić information content (AvgIpc) is 3.24. The normalized spacial score (nSPS) is 23.6. The smallest absolute Gasteiger partial charge is 0.159 e. The maximum Gasteiger partial charge on any atom is 0.159 e. The first-order valence-electron chi connectivity index (χ1n) is 10.7. The molecule has 0 amide bonds. The third-order valence-electron chi connectivity index (χ3n) is 7.01. The lowest BCUT2D eigenvalue weighted by molar-refractivity contribution is 0.200. The Morgan fingerprint density at radius 2 is 1.30 bits per heavy atom. The van der Waals surface area contributed by atoms with Crippen LogP contribution in [-0.4, -0.2) is 0 Å². The van der Waals surface area contributed by atoms with Gasteiger partial charge in [-0.3, -0.25) is 0 Å². The van der Waals surface area contributed by atoms with E-state index in [9.17, 15) is 8.78 Å². The average molecular weight is 369 g/mol. The lowest BCUT2D eigenvalue weighted by Crippen LogP contribution is -2.20. The molecule has 144 valence electrons. The zero-order chi connectivity index (χ0) is 18.6. The highest BCUT2D eigenvalue weighted by Crippen LogP contribution is 2.41. The van der Waals surface area contributed by atoms with Crippen molar-refractivity contribution in [3.8, 4) is 11.1 Å². The van der Waals surface area contributed by atoms with E-state index in [0.29, 0.717) is 0 Å². The van der Waals surface area contributed by atoms with E-state index in [0.717, 1.165) is 35.3 Å². The maximum absolute atomic E-state index is 13.4. The molecule has 2 aliphatic rings. The number of hydrogen-bond acceptors (Lipinski definition) is 0. The van der Waals surface area contributed by atoms with Crippen LogP contribution in [0.15, 0.2) is 42.5 Å². The Balaban J connectivity index is 1.27. The van der Waals surface area contributed by atoms with Crippen molar-refractivity contribution in [2.24, 2.45) is 17.8 Å². The van der Waals surface area contributed by atoms with Gasteiger partial charge >= 0.3 is 0 Å². The summed E-state index contributed by atoms with van der Waals surface area (Å²) >= 11 is 0. The molecule has 2 heteroatoms. The van der Waals surface area contributed by atoms with Crippen molar-refractivity contribution < 1.29 is 8.78 Å². The van der Waals surface area contributed by atoms with Crippen LogP contribution in [0.25, 0.3) is 11.1 Å². The predicted molar refractivity (Wildman–Crippen MR) is 108 cm³/mol. The number of aryl methyl sites for hydroxylation is 1. The van der Waals surface area contributed by atoms with Gasteiger partial charge < -0.3 is 0 Å². The Hall–Kier alpha value is -1.70. The molecule has 0 saturated heterocycles. The highest BCUT2D eigenvalue weighted by Gasteiger charge is 2.29. The first kappa shape index (κ1) is 18.7. The lowest BCUT2D eigenvalue weighted by atomic mass is 9.74. The van der Waals surface area contributed by atoms with Gasteiger partial charge in [-0.05, 0) is 72.3 Å². The highest BCUT2D eigenvalue weighted by molar-refractivity contribution is 5.63. The van der Waals surface area contributed by atoms with E-state index in [1.54, 1.807) is 6.07 Å². The van der Waals surface area contributed by atoms with E-state index in [4.69, 9.17) is 0 Å². The first-order valence-corrected chi connectivity index (χ1v) is 10.7. The molecule has 0 N–H and O–H groups in total. The summed E-state index contributed by atoms with van der Waals surface area (Å²) in [5.41, 5.74) is 3.01. The quantitative estimate of drug-likeness (QED) is 0.511. The van der Waals surface area contributed by atoms with Crippen LogP contribution in [-0.2, 0) is 6.42 Å². The van der Waals surface area contributed by atoms with E-state index >= 15 is 0 Å². The van der Waals surface area contributed by atoms with Crippen LogP contribution in [0.2, 0.25) is 0 Å². The van der Waals surface area contributed by atoms with Crippen molar-refractivity contribution >= 4 is 0 Å². The zero-order valence-electron chi connectivity index (χ0n) is 16.1. The van der Waals surface area contributed by atoms with Gasteiger partial charge in [-0.25, -0.2) is 8.78 Å². The Labute approximate surface area is 162 Å². The minimum Gasteiger partial charge on any atom is -0.204 e. The largest absolute Gasteiger partial charge is 0.204 e. The molecule has 27 heavy (non-hydrogen) atoms. The summed E-state index contributed by atoms with van der Waals surface area (Å²) in [6.45, 7) is 0. The fourth-order valence-corrected chi connectivity index (χ4v) is 5.29. The second-order valence-corrected chi connectivity index (χ2v) is 8.69. The van der Waals surface area contributed by atoms with Gasteiger partial charge in [0.15, 0.2) is 11.6 Å². The second-order valence-electron chi connectivity index (χ2n) is 8.69. The van der Waals surface area contributed by atoms with E-state index in [1.807, 2.05) is 12.1 Å². The topological polar surface area (TPSA) is 0 Å². The van der Waals surface area contributed by atoms with Gasteiger partial charge in [0, 0.05) is 0 Å². The molecule has 2 aliphatic carbocycles. The van der Waals surface area contributed by atoms with Gasteiger partial charge in [0.25, 0.3) is 0 Å². The minimum atomic E-state index is -0.793. The molecule has 4 rings (SSSR count). The Morgan fingerprint density at radius 1 is 0.667 bits per heavy atom. The molecular weight excluding hydrogens is 338 g/mol. The van der Waals surface area contributed by atoms with Gasteiger partial charge in [-0.2, -0.15) is 0 Å². The molecule has 0 radical (unpaired) electrons. The van der Waals surface area contributed by atoms with E-state index in [2.05, 4.69) is 12.1 Å². The Bertz CT molecular complexity index is 735. The molecular formula is C25H30F2. The molecule has 2 aromatic carbocycles. The zero-order valence-corrected chi connectivity index (χ0v) is 16.1. The van der Waals surface area contributed by atoms with Crippen LogP contribution in [0.4, 0.5) is 8.78 Å². The standard InChI is InChI=1S/C25H30F2/c26-24-16-15-23(17-25(24)27)22-13-9-19(10-14-22)6-5-18-7-11-21(12-8-18)20-3-1-2-4-20/h9-10,13-18,20-21H,1-8,11-12H2. The second kappa shape index (κ2) is 8.54. The molecule has 0 bridgehead atoms. The van der Waals surface area contributed by atoms with Crippen LogP contribution in [0.3, 0.4) is 0 Å². The summed E-state index contributed by atoms with van der Waals surface area (Å²) in [5.74, 6) is 1.35. The summed E-state index contributed by atoms with van der Waals surface area (Å²) < 4.78 is 26.5. The van der Waals surface area contributed by atoms with Gasteiger partial charge in [-0.15, -0.1) is 0 Å². The summed E-state index contributed by atoms with van der Waals surface area (Å²) in [6.07, 6.45) is 14.0. The molecule has 0 aliphatic heterocycles. The van der Waals surface area contributed by atoms with Crippen LogP contribution in [0.5, 0.6) is 0 Å². The molecule has 0 nitrogen and oxygen atoms in total. The summed E-state index contributed by atoms with van der Waals surface area (Å²) in [5, 5.41) is 0. The predicted octanol–water partition coefficient (Wildman–Crippen LogP) is 7.56. The molecule has 2 fully saturated rings. The molecule has 0 unspecified atom stereocenters. The van der Waals surface area contributed by atoms with E-state index in [1.165, 1.54) is 75.5 Å². The molecule has 2 saturated carbocycles. The van der Waals surface area contributed by atoms with Gasteiger partial charge in [0.2, 0.25) is 0 Å². The Morgan fingerprint density at radius 3 is 1.96 bits per heavy atom.